The number of hydrogen-bond donors (Lipinski definition) is 2. The summed E-state index contributed by atoms with van der Waals surface area (Å²) >= 11 is 1.75. The summed E-state index contributed by atoms with van der Waals surface area (Å²) in [5.41, 5.74) is 1.33. The summed E-state index contributed by atoms with van der Waals surface area (Å²) in [5.74, 6) is 0.842. The fourth-order valence-corrected chi connectivity index (χ4v) is 3.53. The molecule has 0 atom stereocenters. The van der Waals surface area contributed by atoms with Crippen LogP contribution in [0.4, 0.5) is 0 Å². The Balaban J connectivity index is 0.00000243. The van der Waals surface area contributed by atoms with E-state index in [0.29, 0.717) is 0 Å². The van der Waals surface area contributed by atoms with Crippen molar-refractivity contribution < 1.29 is 0 Å². The third kappa shape index (κ3) is 5.95. The normalized spacial score (nSPS) is 11.2. The molecule has 0 aliphatic carbocycles. The van der Waals surface area contributed by atoms with Gasteiger partial charge in [0.25, 0.3) is 0 Å². The zero-order valence-corrected chi connectivity index (χ0v) is 18.3. The zero-order chi connectivity index (χ0) is 17.5. The van der Waals surface area contributed by atoms with E-state index in [2.05, 4.69) is 70.0 Å². The van der Waals surface area contributed by atoms with Crippen molar-refractivity contribution in [3.63, 3.8) is 0 Å². The number of nitrogens with one attached hydrogen (secondary N) is 2. The highest BCUT2D eigenvalue weighted by Crippen LogP contribution is 2.15. The van der Waals surface area contributed by atoms with Crippen LogP contribution in [0, 0.1) is 6.92 Å². The lowest BCUT2D eigenvalue weighted by Crippen LogP contribution is -2.39. The predicted octanol–water partition coefficient (Wildman–Crippen LogP) is 4.17. The maximum atomic E-state index is 4.38. The van der Waals surface area contributed by atoms with Crippen LogP contribution in [0.15, 0.2) is 53.7 Å². The predicted molar refractivity (Wildman–Crippen MR) is 123 cm³/mol. The van der Waals surface area contributed by atoms with Crippen molar-refractivity contribution in [1.29, 1.82) is 0 Å². The molecule has 0 amide bonds. The fraction of sp³-hybridized carbons (Fsp3) is 0.300. The van der Waals surface area contributed by atoms with Gasteiger partial charge >= 0.3 is 0 Å². The van der Waals surface area contributed by atoms with Crippen LogP contribution in [0.3, 0.4) is 0 Å². The van der Waals surface area contributed by atoms with Gasteiger partial charge in [-0.2, -0.15) is 0 Å². The van der Waals surface area contributed by atoms with Crippen molar-refractivity contribution in [3.05, 3.63) is 64.1 Å². The van der Waals surface area contributed by atoms with E-state index in [1.54, 1.807) is 18.4 Å². The largest absolute Gasteiger partial charge is 0.356 e. The van der Waals surface area contributed by atoms with Gasteiger partial charge in [-0.3, -0.25) is 4.99 Å². The Morgan fingerprint density at radius 3 is 2.46 bits per heavy atom. The van der Waals surface area contributed by atoms with E-state index in [0.717, 1.165) is 36.9 Å². The van der Waals surface area contributed by atoms with Crippen LogP contribution in [-0.2, 0) is 12.8 Å². The molecular formula is C20H25IN4S. The number of aryl methyl sites for hydroxylation is 1. The fourth-order valence-electron chi connectivity index (χ4n) is 2.74. The Bertz CT molecular complexity index is 860. The third-order valence-electron chi connectivity index (χ3n) is 4.04. The first-order valence-electron chi connectivity index (χ1n) is 8.58. The van der Waals surface area contributed by atoms with Gasteiger partial charge in [0.1, 0.15) is 0 Å². The second kappa shape index (κ2) is 10.5. The van der Waals surface area contributed by atoms with Gasteiger partial charge in [0, 0.05) is 37.6 Å². The van der Waals surface area contributed by atoms with E-state index in [1.807, 2.05) is 6.20 Å². The molecule has 2 aromatic carbocycles. The van der Waals surface area contributed by atoms with Crippen molar-refractivity contribution in [3.8, 4) is 0 Å². The maximum absolute atomic E-state index is 4.38. The minimum Gasteiger partial charge on any atom is -0.356 e. The average Bonchev–Trinajstić information content (AvgIpc) is 3.05. The molecule has 2 N–H and O–H groups in total. The minimum absolute atomic E-state index is 0. The van der Waals surface area contributed by atoms with Gasteiger partial charge in [-0.1, -0.05) is 42.5 Å². The summed E-state index contributed by atoms with van der Waals surface area (Å²) in [6, 6.07) is 15.1. The molecule has 0 fully saturated rings. The van der Waals surface area contributed by atoms with Crippen molar-refractivity contribution in [2.75, 3.05) is 20.1 Å². The standard InChI is InChI=1S/C20H24N4S.HI/c1-15-14-24-19(25-15)10-12-23-20(21-2)22-11-9-16-7-8-17-5-3-4-6-18(17)13-16;/h3-8,13-14H,9-12H2,1-2H3,(H2,21,22,23);1H. The first-order valence-corrected chi connectivity index (χ1v) is 9.40. The van der Waals surface area contributed by atoms with E-state index in [-0.39, 0.29) is 24.0 Å². The molecule has 1 heterocycles. The lowest BCUT2D eigenvalue weighted by Gasteiger charge is -2.11. The third-order valence-corrected chi connectivity index (χ3v) is 5.02. The molecule has 0 saturated carbocycles. The lowest BCUT2D eigenvalue weighted by atomic mass is 10.1. The number of aromatic nitrogens is 1. The van der Waals surface area contributed by atoms with Crippen LogP contribution >= 0.6 is 35.3 Å². The number of benzene rings is 2. The minimum atomic E-state index is 0. The van der Waals surface area contributed by atoms with Crippen LogP contribution in [0.2, 0.25) is 0 Å². The molecule has 0 bridgehead atoms. The molecule has 26 heavy (non-hydrogen) atoms. The van der Waals surface area contributed by atoms with Crippen molar-refractivity contribution in [2.24, 2.45) is 4.99 Å². The monoisotopic (exact) mass is 480 g/mol. The van der Waals surface area contributed by atoms with Gasteiger partial charge in [-0.05, 0) is 29.7 Å². The summed E-state index contributed by atoms with van der Waals surface area (Å²) in [7, 11) is 1.80. The maximum Gasteiger partial charge on any atom is 0.191 e. The molecule has 0 spiro atoms. The lowest BCUT2D eigenvalue weighted by molar-refractivity contribution is 0.782. The van der Waals surface area contributed by atoms with E-state index < -0.39 is 0 Å². The van der Waals surface area contributed by atoms with E-state index in [9.17, 15) is 0 Å². The highest BCUT2D eigenvalue weighted by molar-refractivity contribution is 14.0. The number of guanidine groups is 1. The number of halogens is 1. The summed E-state index contributed by atoms with van der Waals surface area (Å²) < 4.78 is 0. The number of rotatable bonds is 6. The van der Waals surface area contributed by atoms with Crippen molar-refractivity contribution >= 4 is 52.0 Å². The summed E-state index contributed by atoms with van der Waals surface area (Å²) in [6.07, 6.45) is 3.82. The van der Waals surface area contributed by atoms with Gasteiger partial charge in [-0.25, -0.2) is 4.98 Å². The van der Waals surface area contributed by atoms with Gasteiger partial charge < -0.3 is 10.6 Å². The molecule has 1 aromatic heterocycles. The van der Waals surface area contributed by atoms with Crippen LogP contribution in [0.25, 0.3) is 10.8 Å². The van der Waals surface area contributed by atoms with E-state index in [4.69, 9.17) is 0 Å². The highest BCUT2D eigenvalue weighted by atomic mass is 127. The molecule has 3 aromatic rings. The zero-order valence-electron chi connectivity index (χ0n) is 15.2. The SMILES string of the molecule is CN=C(NCCc1ccc2ccccc2c1)NCCc1ncc(C)s1.I. The Kier molecular flexibility index (Phi) is 8.31. The first kappa shape index (κ1) is 20.6. The topological polar surface area (TPSA) is 49.3 Å². The van der Waals surface area contributed by atoms with E-state index >= 15 is 0 Å². The van der Waals surface area contributed by atoms with Gasteiger partial charge in [0.2, 0.25) is 0 Å². The first-order chi connectivity index (χ1) is 12.2. The molecule has 138 valence electrons. The second-order valence-electron chi connectivity index (χ2n) is 5.97. The van der Waals surface area contributed by atoms with Gasteiger partial charge in [0.15, 0.2) is 5.96 Å². The molecule has 6 heteroatoms. The average molecular weight is 480 g/mol. The Labute approximate surface area is 176 Å². The van der Waals surface area contributed by atoms with E-state index in [1.165, 1.54) is 21.2 Å². The van der Waals surface area contributed by atoms with Crippen molar-refractivity contribution in [1.82, 2.24) is 15.6 Å². The highest BCUT2D eigenvalue weighted by Gasteiger charge is 2.01. The summed E-state index contributed by atoms with van der Waals surface area (Å²) in [6.45, 7) is 3.78. The number of fused-ring (bicyclic) bond motifs is 1. The molecule has 0 aliphatic rings. The Morgan fingerprint density at radius 2 is 1.77 bits per heavy atom. The molecule has 0 radical (unpaired) electrons. The van der Waals surface area contributed by atoms with Crippen LogP contribution < -0.4 is 10.6 Å². The van der Waals surface area contributed by atoms with Crippen LogP contribution in [0.5, 0.6) is 0 Å². The van der Waals surface area contributed by atoms with Gasteiger partial charge in [0.05, 0.1) is 5.01 Å². The Morgan fingerprint density at radius 1 is 1.04 bits per heavy atom. The van der Waals surface area contributed by atoms with Gasteiger partial charge in [-0.15, -0.1) is 35.3 Å². The number of nitrogens with zero attached hydrogens (tertiary/aromatic N) is 2. The Hall–Kier alpha value is -1.67. The number of thiazole rings is 1. The smallest absolute Gasteiger partial charge is 0.191 e. The summed E-state index contributed by atoms with van der Waals surface area (Å²) in [4.78, 5) is 9.92. The molecular weight excluding hydrogens is 455 g/mol. The second-order valence-corrected chi connectivity index (χ2v) is 7.29. The molecule has 0 unspecified atom stereocenters. The molecule has 3 rings (SSSR count). The number of aliphatic imine (C=N–C) groups is 1. The molecule has 0 saturated heterocycles. The van der Waals surface area contributed by atoms with Crippen LogP contribution in [-0.4, -0.2) is 31.1 Å². The summed E-state index contributed by atoms with van der Waals surface area (Å²) in [5, 5.41) is 10.5. The molecule has 0 aliphatic heterocycles. The number of hydrogen-bond acceptors (Lipinski definition) is 3. The van der Waals surface area contributed by atoms with Crippen LogP contribution in [0.1, 0.15) is 15.4 Å². The molecule has 4 nitrogen and oxygen atoms in total. The quantitative estimate of drug-likeness (QED) is 0.316. The van der Waals surface area contributed by atoms with Crippen molar-refractivity contribution in [2.45, 2.75) is 19.8 Å².